The predicted molar refractivity (Wildman–Crippen MR) is 78.6 cm³/mol. The van der Waals surface area contributed by atoms with Crippen LogP contribution >= 0.6 is 11.6 Å². The van der Waals surface area contributed by atoms with Crippen molar-refractivity contribution in [1.29, 1.82) is 0 Å². The molecule has 3 aromatic heterocycles. The Labute approximate surface area is 114 Å². The molecular weight excluding hydrogens is 258 g/mol. The van der Waals surface area contributed by atoms with E-state index in [1.165, 1.54) is 0 Å². The van der Waals surface area contributed by atoms with Crippen molar-refractivity contribution in [3.8, 4) is 0 Å². The summed E-state index contributed by atoms with van der Waals surface area (Å²) >= 11 is 6.26. The summed E-state index contributed by atoms with van der Waals surface area (Å²) in [6.07, 6.45) is 3.62. The van der Waals surface area contributed by atoms with Crippen LogP contribution in [0.5, 0.6) is 0 Å². The van der Waals surface area contributed by atoms with Gasteiger partial charge in [0.05, 0.1) is 5.52 Å². The number of aromatic amines is 1. The van der Waals surface area contributed by atoms with E-state index in [9.17, 15) is 0 Å². The minimum Gasteiger partial charge on any atom is -0.352 e. The molecule has 0 aliphatic rings. The third-order valence-corrected chi connectivity index (χ3v) is 3.90. The summed E-state index contributed by atoms with van der Waals surface area (Å²) < 4.78 is 0. The Kier molecular flexibility index (Phi) is 2.09. The minimum absolute atomic E-state index is 0.653. The molecule has 92 valence electrons. The summed E-state index contributed by atoms with van der Waals surface area (Å²) in [6, 6.07) is 8.10. The lowest BCUT2D eigenvalue weighted by atomic mass is 10.0. The number of halogens is 1. The number of hydrogen-bond acceptors (Lipinski definition) is 2. The van der Waals surface area contributed by atoms with Crippen molar-refractivity contribution in [3.05, 3.63) is 47.4 Å². The topological polar surface area (TPSA) is 41.6 Å². The van der Waals surface area contributed by atoms with Gasteiger partial charge in [0.2, 0.25) is 0 Å². The smallest absolute Gasteiger partial charge is 0.160 e. The highest BCUT2D eigenvalue weighted by molar-refractivity contribution is 6.35. The Balaban J connectivity index is 2.34. The largest absolute Gasteiger partial charge is 0.352 e. The molecule has 0 aliphatic carbocycles. The maximum atomic E-state index is 6.26. The van der Waals surface area contributed by atoms with Crippen LogP contribution in [0.2, 0.25) is 5.15 Å². The highest BCUT2D eigenvalue weighted by Crippen LogP contribution is 2.34. The molecule has 19 heavy (non-hydrogen) atoms. The Morgan fingerprint density at radius 2 is 2.00 bits per heavy atom. The fraction of sp³-hybridized carbons (Fsp3) is 0.0667. The lowest BCUT2D eigenvalue weighted by Crippen LogP contribution is -1.84. The van der Waals surface area contributed by atoms with E-state index < -0.39 is 0 Å². The first kappa shape index (κ1) is 10.8. The van der Waals surface area contributed by atoms with E-state index in [-0.39, 0.29) is 0 Å². The van der Waals surface area contributed by atoms with Crippen LogP contribution in [-0.2, 0) is 0 Å². The number of aryl methyl sites for hydroxylation is 1. The molecule has 1 N–H and O–H groups in total. The van der Waals surface area contributed by atoms with Crippen molar-refractivity contribution < 1.29 is 0 Å². The Morgan fingerprint density at radius 3 is 2.89 bits per heavy atom. The normalized spacial score (nSPS) is 11.7. The monoisotopic (exact) mass is 267 g/mol. The average Bonchev–Trinajstić information content (AvgIpc) is 2.80. The first-order valence-electron chi connectivity index (χ1n) is 6.06. The van der Waals surface area contributed by atoms with E-state index in [0.29, 0.717) is 5.15 Å². The molecule has 4 rings (SSSR count). The van der Waals surface area contributed by atoms with Gasteiger partial charge in [0, 0.05) is 28.6 Å². The molecule has 0 radical (unpaired) electrons. The van der Waals surface area contributed by atoms with Gasteiger partial charge in [-0.05, 0) is 42.1 Å². The van der Waals surface area contributed by atoms with E-state index in [1.54, 1.807) is 6.20 Å². The second kappa shape index (κ2) is 3.68. The summed E-state index contributed by atoms with van der Waals surface area (Å²) in [6.45, 7) is 2.08. The Hall–Kier alpha value is -2.13. The number of rotatable bonds is 0. The molecule has 4 heteroatoms. The van der Waals surface area contributed by atoms with Gasteiger partial charge in [-0.1, -0.05) is 11.6 Å². The van der Waals surface area contributed by atoms with Crippen LogP contribution in [0, 0.1) is 6.92 Å². The fourth-order valence-corrected chi connectivity index (χ4v) is 2.87. The zero-order chi connectivity index (χ0) is 13.0. The molecule has 3 nitrogen and oxygen atoms in total. The first-order chi connectivity index (χ1) is 9.25. The van der Waals surface area contributed by atoms with Crippen molar-refractivity contribution >= 4 is 44.3 Å². The van der Waals surface area contributed by atoms with Crippen LogP contribution in [0.4, 0.5) is 0 Å². The summed E-state index contributed by atoms with van der Waals surface area (Å²) in [4.78, 5) is 12.0. The Bertz CT molecular complexity index is 940. The van der Waals surface area contributed by atoms with Crippen LogP contribution < -0.4 is 0 Å². The van der Waals surface area contributed by atoms with Crippen molar-refractivity contribution in [2.75, 3.05) is 0 Å². The van der Waals surface area contributed by atoms with Gasteiger partial charge in [0.1, 0.15) is 5.15 Å². The zero-order valence-corrected chi connectivity index (χ0v) is 11.0. The van der Waals surface area contributed by atoms with E-state index in [2.05, 4.69) is 27.9 Å². The van der Waals surface area contributed by atoms with Gasteiger partial charge >= 0.3 is 0 Å². The van der Waals surface area contributed by atoms with E-state index in [0.717, 1.165) is 38.3 Å². The van der Waals surface area contributed by atoms with Gasteiger partial charge in [-0.3, -0.25) is 0 Å². The lowest BCUT2D eigenvalue weighted by molar-refractivity contribution is 1.34. The number of pyridine rings is 2. The molecule has 0 fully saturated rings. The molecule has 0 saturated heterocycles. The van der Waals surface area contributed by atoms with Gasteiger partial charge in [-0.15, -0.1) is 0 Å². The maximum Gasteiger partial charge on any atom is 0.160 e. The van der Waals surface area contributed by atoms with E-state index in [4.69, 9.17) is 11.6 Å². The van der Waals surface area contributed by atoms with Gasteiger partial charge in [0.15, 0.2) is 5.65 Å². The summed E-state index contributed by atoms with van der Waals surface area (Å²) in [5, 5.41) is 4.98. The van der Waals surface area contributed by atoms with Crippen LogP contribution in [0.1, 0.15) is 5.56 Å². The average molecular weight is 268 g/mol. The molecule has 1 aromatic carbocycles. The molecule has 3 heterocycles. The Morgan fingerprint density at radius 1 is 1.11 bits per heavy atom. The van der Waals surface area contributed by atoms with Crippen LogP contribution in [0.25, 0.3) is 32.7 Å². The maximum absolute atomic E-state index is 6.26. The minimum atomic E-state index is 0.653. The molecule has 0 spiro atoms. The lowest BCUT2D eigenvalue weighted by Gasteiger charge is -2.05. The van der Waals surface area contributed by atoms with Crippen molar-refractivity contribution in [1.82, 2.24) is 15.0 Å². The zero-order valence-electron chi connectivity index (χ0n) is 10.2. The van der Waals surface area contributed by atoms with Crippen molar-refractivity contribution in [2.24, 2.45) is 0 Å². The molecule has 0 unspecified atom stereocenters. The number of hydrogen-bond donors (Lipinski definition) is 1. The molecular formula is C15H10ClN3. The molecule has 0 aliphatic heterocycles. The van der Waals surface area contributed by atoms with Gasteiger partial charge in [-0.2, -0.15) is 0 Å². The van der Waals surface area contributed by atoms with Gasteiger partial charge in [0.25, 0.3) is 0 Å². The first-order valence-corrected chi connectivity index (χ1v) is 6.44. The summed E-state index contributed by atoms with van der Waals surface area (Å²) in [7, 11) is 0. The summed E-state index contributed by atoms with van der Waals surface area (Å²) in [5.41, 5.74) is 2.93. The van der Waals surface area contributed by atoms with E-state index >= 15 is 0 Å². The molecule has 0 saturated carbocycles. The number of benzene rings is 1. The quantitative estimate of drug-likeness (QED) is 0.485. The van der Waals surface area contributed by atoms with Gasteiger partial charge < -0.3 is 4.98 Å². The number of aromatic nitrogens is 3. The van der Waals surface area contributed by atoms with Crippen LogP contribution in [0.15, 0.2) is 36.7 Å². The summed E-state index contributed by atoms with van der Waals surface area (Å²) in [5.74, 6) is 0. The number of fused-ring (bicyclic) bond motifs is 4. The molecule has 0 bridgehead atoms. The predicted octanol–water partition coefficient (Wildman–Crippen LogP) is 4.23. The van der Waals surface area contributed by atoms with Crippen molar-refractivity contribution in [2.45, 2.75) is 6.92 Å². The number of nitrogens with zero attached hydrogens (tertiary/aromatic N) is 2. The number of nitrogens with one attached hydrogen (secondary N) is 1. The molecule has 4 aromatic rings. The third kappa shape index (κ3) is 1.39. The van der Waals surface area contributed by atoms with Crippen LogP contribution in [-0.4, -0.2) is 15.0 Å². The fourth-order valence-electron chi connectivity index (χ4n) is 2.65. The third-order valence-electron chi connectivity index (χ3n) is 3.58. The second-order valence-electron chi connectivity index (χ2n) is 4.64. The van der Waals surface area contributed by atoms with Crippen LogP contribution in [0.3, 0.4) is 0 Å². The number of H-pyrrole nitrogens is 1. The second-order valence-corrected chi connectivity index (χ2v) is 5.01. The highest BCUT2D eigenvalue weighted by atomic mass is 35.5. The SMILES string of the molecule is Cc1c2cc[nH]c(Cl)c2cc2c1nc1ncccc12. The van der Waals surface area contributed by atoms with Gasteiger partial charge in [-0.25, -0.2) is 9.97 Å². The molecule has 0 amide bonds. The van der Waals surface area contributed by atoms with E-state index in [1.807, 2.05) is 24.4 Å². The van der Waals surface area contributed by atoms with Crippen molar-refractivity contribution in [3.63, 3.8) is 0 Å². The standard InChI is InChI=1S/C15H10ClN3/c1-8-9-4-6-17-14(16)12(9)7-11-10-3-2-5-18-15(10)19-13(8)11/h2-7,17H,1H3. The highest BCUT2D eigenvalue weighted by Gasteiger charge is 2.12. The molecule has 0 atom stereocenters.